The first-order chi connectivity index (χ1) is 8.19. The van der Waals surface area contributed by atoms with Crippen molar-refractivity contribution >= 4 is 0 Å². The van der Waals surface area contributed by atoms with Gasteiger partial charge in [-0.1, -0.05) is 0 Å². The maximum atomic E-state index is 10.5. The Bertz CT molecular complexity index is 314. The monoisotopic (exact) mass is 262 g/mol. The summed E-state index contributed by atoms with van der Waals surface area (Å²) in [5.41, 5.74) is -1.33. The molecule has 0 aromatic rings. The first-order valence-corrected chi connectivity index (χ1v) is 6.13. The summed E-state index contributed by atoms with van der Waals surface area (Å²) in [7, 11) is 1.44. The molecule has 2 rings (SSSR count). The standard InChI is InChI=1S/C12H22O6/c1-6(13)7-8-9(18-11(2,3)17-8)12(4,14)10(15-5)16-7/h6-10,13-14H,1-5H3/t6?,7-,8+,9+,10-,12-/m1/s1. The van der Waals surface area contributed by atoms with E-state index in [0.29, 0.717) is 0 Å². The summed E-state index contributed by atoms with van der Waals surface area (Å²) >= 11 is 0. The van der Waals surface area contributed by atoms with Crippen LogP contribution in [0.2, 0.25) is 0 Å². The molecule has 6 heteroatoms. The van der Waals surface area contributed by atoms with Gasteiger partial charge in [-0.05, 0) is 27.7 Å². The Labute approximate surface area is 107 Å². The number of methoxy groups -OCH3 is 1. The highest BCUT2D eigenvalue weighted by Crippen LogP contribution is 2.43. The zero-order valence-corrected chi connectivity index (χ0v) is 11.4. The molecule has 2 saturated heterocycles. The first-order valence-electron chi connectivity index (χ1n) is 6.13. The Morgan fingerprint density at radius 2 is 1.83 bits per heavy atom. The second-order valence-corrected chi connectivity index (χ2v) is 5.66. The van der Waals surface area contributed by atoms with Crippen LogP contribution in [0.3, 0.4) is 0 Å². The molecule has 0 bridgehead atoms. The first kappa shape index (κ1) is 14.2. The van der Waals surface area contributed by atoms with Gasteiger partial charge in [-0.25, -0.2) is 0 Å². The molecule has 18 heavy (non-hydrogen) atoms. The van der Waals surface area contributed by atoms with E-state index in [9.17, 15) is 10.2 Å². The van der Waals surface area contributed by atoms with E-state index in [1.165, 1.54) is 7.11 Å². The van der Waals surface area contributed by atoms with Crippen LogP contribution in [-0.4, -0.2) is 59.4 Å². The molecular weight excluding hydrogens is 240 g/mol. The van der Waals surface area contributed by atoms with Crippen LogP contribution in [-0.2, 0) is 18.9 Å². The van der Waals surface area contributed by atoms with Gasteiger partial charge in [-0.15, -0.1) is 0 Å². The number of rotatable bonds is 2. The van der Waals surface area contributed by atoms with Crippen molar-refractivity contribution in [3.8, 4) is 0 Å². The summed E-state index contributed by atoms with van der Waals surface area (Å²) in [6.07, 6.45) is -3.34. The fraction of sp³-hybridized carbons (Fsp3) is 1.00. The summed E-state index contributed by atoms with van der Waals surface area (Å²) < 4.78 is 22.2. The molecule has 2 N–H and O–H groups in total. The van der Waals surface area contributed by atoms with Crippen molar-refractivity contribution in [1.29, 1.82) is 0 Å². The Kier molecular flexibility index (Phi) is 3.46. The molecule has 2 aliphatic rings. The van der Waals surface area contributed by atoms with E-state index in [4.69, 9.17) is 18.9 Å². The van der Waals surface area contributed by atoms with E-state index in [0.717, 1.165) is 0 Å². The molecule has 106 valence electrons. The van der Waals surface area contributed by atoms with E-state index >= 15 is 0 Å². The average molecular weight is 262 g/mol. The summed E-state index contributed by atoms with van der Waals surface area (Å²) in [5.74, 6) is -0.821. The van der Waals surface area contributed by atoms with Crippen LogP contribution < -0.4 is 0 Å². The third kappa shape index (κ3) is 2.17. The number of aliphatic hydroxyl groups excluding tert-OH is 1. The van der Waals surface area contributed by atoms with Crippen LogP contribution >= 0.6 is 0 Å². The molecule has 0 amide bonds. The summed E-state index contributed by atoms with van der Waals surface area (Å²) in [4.78, 5) is 0. The van der Waals surface area contributed by atoms with Crippen molar-refractivity contribution in [2.24, 2.45) is 0 Å². The SMILES string of the molecule is CO[C@@H]1O[C@H](C(C)O)[C@@H]2OC(C)(C)O[C@@H]2[C@@]1(C)O. The highest BCUT2D eigenvalue weighted by molar-refractivity contribution is 5.04. The second kappa shape index (κ2) is 4.40. The predicted molar refractivity (Wildman–Crippen MR) is 61.8 cm³/mol. The van der Waals surface area contributed by atoms with E-state index in [2.05, 4.69) is 0 Å². The molecule has 6 atom stereocenters. The number of hydrogen-bond donors (Lipinski definition) is 2. The van der Waals surface area contributed by atoms with Crippen molar-refractivity contribution in [1.82, 2.24) is 0 Å². The van der Waals surface area contributed by atoms with Gasteiger partial charge in [0.25, 0.3) is 0 Å². The van der Waals surface area contributed by atoms with Gasteiger partial charge in [0.05, 0.1) is 6.10 Å². The van der Waals surface area contributed by atoms with Crippen LogP contribution in [0.15, 0.2) is 0 Å². The minimum absolute atomic E-state index is 0.526. The molecule has 1 unspecified atom stereocenters. The van der Waals surface area contributed by atoms with Crippen LogP contribution in [0.5, 0.6) is 0 Å². The van der Waals surface area contributed by atoms with E-state index in [1.807, 2.05) is 0 Å². The van der Waals surface area contributed by atoms with Crippen molar-refractivity contribution in [3.05, 3.63) is 0 Å². The minimum atomic E-state index is -1.33. The molecule has 2 fully saturated rings. The fourth-order valence-corrected chi connectivity index (χ4v) is 2.66. The molecule has 0 aromatic heterocycles. The van der Waals surface area contributed by atoms with Crippen molar-refractivity contribution in [3.63, 3.8) is 0 Å². The van der Waals surface area contributed by atoms with Crippen molar-refractivity contribution < 1.29 is 29.2 Å². The zero-order valence-electron chi connectivity index (χ0n) is 11.4. The molecular formula is C12H22O6. The van der Waals surface area contributed by atoms with Crippen molar-refractivity contribution in [2.45, 2.75) is 69.8 Å². The number of fused-ring (bicyclic) bond motifs is 1. The highest BCUT2D eigenvalue weighted by Gasteiger charge is 2.61. The smallest absolute Gasteiger partial charge is 0.188 e. The molecule has 0 saturated carbocycles. The topological polar surface area (TPSA) is 77.4 Å². The van der Waals surface area contributed by atoms with Gasteiger partial charge in [0.1, 0.15) is 23.9 Å². The van der Waals surface area contributed by atoms with Gasteiger partial charge < -0.3 is 29.2 Å². The lowest BCUT2D eigenvalue weighted by molar-refractivity contribution is -0.318. The maximum absolute atomic E-state index is 10.5. The van der Waals surface area contributed by atoms with Crippen LogP contribution in [0, 0.1) is 0 Å². The van der Waals surface area contributed by atoms with E-state index in [1.54, 1.807) is 27.7 Å². The minimum Gasteiger partial charge on any atom is -0.391 e. The average Bonchev–Trinajstić information content (AvgIpc) is 2.54. The highest BCUT2D eigenvalue weighted by atomic mass is 16.8. The lowest BCUT2D eigenvalue weighted by Gasteiger charge is -2.46. The van der Waals surface area contributed by atoms with E-state index < -0.39 is 42.1 Å². The number of aliphatic hydroxyl groups is 2. The Balaban J connectivity index is 2.31. The van der Waals surface area contributed by atoms with Gasteiger partial charge in [0.2, 0.25) is 0 Å². The van der Waals surface area contributed by atoms with Gasteiger partial charge in [-0.2, -0.15) is 0 Å². The second-order valence-electron chi connectivity index (χ2n) is 5.66. The van der Waals surface area contributed by atoms with Gasteiger partial charge in [-0.3, -0.25) is 0 Å². The third-order valence-electron chi connectivity index (χ3n) is 3.48. The van der Waals surface area contributed by atoms with Gasteiger partial charge >= 0.3 is 0 Å². The Hall–Kier alpha value is -0.240. The molecule has 0 aromatic carbocycles. The summed E-state index contributed by atoms with van der Waals surface area (Å²) in [5, 5.41) is 20.3. The summed E-state index contributed by atoms with van der Waals surface area (Å²) in [6.45, 7) is 6.73. The van der Waals surface area contributed by atoms with Crippen LogP contribution in [0.1, 0.15) is 27.7 Å². The number of hydrogen-bond acceptors (Lipinski definition) is 6. The fourth-order valence-electron chi connectivity index (χ4n) is 2.66. The molecule has 0 aliphatic carbocycles. The Morgan fingerprint density at radius 1 is 1.22 bits per heavy atom. The van der Waals surface area contributed by atoms with Crippen LogP contribution in [0.25, 0.3) is 0 Å². The molecule has 0 radical (unpaired) electrons. The van der Waals surface area contributed by atoms with E-state index in [-0.39, 0.29) is 0 Å². The van der Waals surface area contributed by atoms with Crippen LogP contribution in [0.4, 0.5) is 0 Å². The summed E-state index contributed by atoms with van der Waals surface area (Å²) in [6, 6.07) is 0. The Morgan fingerprint density at radius 3 is 2.33 bits per heavy atom. The quantitative estimate of drug-likeness (QED) is 0.730. The number of ether oxygens (including phenoxy) is 4. The molecule has 6 nitrogen and oxygen atoms in total. The largest absolute Gasteiger partial charge is 0.391 e. The lowest BCUT2D eigenvalue weighted by atomic mass is 9.86. The van der Waals surface area contributed by atoms with Crippen molar-refractivity contribution in [2.75, 3.05) is 7.11 Å². The molecule has 2 aliphatic heterocycles. The maximum Gasteiger partial charge on any atom is 0.188 e. The third-order valence-corrected chi connectivity index (χ3v) is 3.48. The van der Waals surface area contributed by atoms with Gasteiger partial charge in [0.15, 0.2) is 12.1 Å². The predicted octanol–water partition coefficient (Wildman–Crippen LogP) is 0.00960. The molecule has 2 heterocycles. The molecule has 0 spiro atoms. The van der Waals surface area contributed by atoms with Gasteiger partial charge in [0, 0.05) is 7.11 Å². The normalized spacial score (nSPS) is 48.8. The zero-order chi connectivity index (χ0) is 13.7. The lowest BCUT2D eigenvalue weighted by Crippen LogP contribution is -2.65.